The van der Waals surface area contributed by atoms with E-state index in [1.54, 1.807) is 30.3 Å². The molecule has 0 atom stereocenters. The molecule has 0 fully saturated rings. The molecule has 5 nitrogen and oxygen atoms in total. The second kappa shape index (κ2) is 6.56. The van der Waals surface area contributed by atoms with Gasteiger partial charge in [0.15, 0.2) is 0 Å². The number of nitrogen functional groups attached to an aromatic ring is 1. The maximum absolute atomic E-state index is 11.8. The van der Waals surface area contributed by atoms with E-state index in [1.807, 2.05) is 0 Å². The number of urea groups is 1. The van der Waals surface area contributed by atoms with Crippen molar-refractivity contribution in [3.8, 4) is 5.75 Å². The van der Waals surface area contributed by atoms with E-state index in [-0.39, 0.29) is 12.3 Å². The minimum Gasteiger partial charge on any atom is -0.508 e. The Hall–Kier alpha value is -2.11. The zero-order valence-electron chi connectivity index (χ0n) is 10.9. The van der Waals surface area contributed by atoms with Gasteiger partial charge >= 0.3 is 6.03 Å². The van der Waals surface area contributed by atoms with E-state index in [0.29, 0.717) is 27.0 Å². The van der Waals surface area contributed by atoms with Crippen LogP contribution in [0.25, 0.3) is 0 Å². The molecule has 2 aromatic rings. The lowest BCUT2D eigenvalue weighted by atomic mass is 10.2. The van der Waals surface area contributed by atoms with Crippen LogP contribution in [0.5, 0.6) is 5.75 Å². The van der Waals surface area contributed by atoms with Gasteiger partial charge in [-0.15, -0.1) is 0 Å². The number of benzene rings is 2. The van der Waals surface area contributed by atoms with E-state index < -0.39 is 6.03 Å². The number of anilines is 2. The standard InChI is InChI=1S/C14H13Cl2N3O2/c15-9-4-10(16)6-12(5-9)19-14(21)18-7-8-3-11(17)1-2-13(8)20/h1-6,20H,7,17H2,(H2,18,19,21). The average molecular weight is 326 g/mol. The van der Waals surface area contributed by atoms with E-state index in [1.165, 1.54) is 6.07 Å². The van der Waals surface area contributed by atoms with Gasteiger partial charge in [-0.25, -0.2) is 4.79 Å². The summed E-state index contributed by atoms with van der Waals surface area (Å²) in [6, 6.07) is 8.90. The average Bonchev–Trinajstić information content (AvgIpc) is 2.38. The minimum atomic E-state index is -0.449. The summed E-state index contributed by atoms with van der Waals surface area (Å²) < 4.78 is 0. The monoisotopic (exact) mass is 325 g/mol. The Labute approximate surface area is 131 Å². The second-order valence-corrected chi connectivity index (χ2v) is 5.23. The molecular weight excluding hydrogens is 313 g/mol. The van der Waals surface area contributed by atoms with Gasteiger partial charge in [0.1, 0.15) is 5.75 Å². The van der Waals surface area contributed by atoms with Crippen molar-refractivity contribution in [1.82, 2.24) is 5.32 Å². The minimum absolute atomic E-state index is 0.0651. The fourth-order valence-electron chi connectivity index (χ4n) is 1.72. The number of carbonyl (C=O) groups is 1. The first kappa shape index (κ1) is 15.3. The van der Waals surface area contributed by atoms with Crippen LogP contribution in [0.2, 0.25) is 10.0 Å². The normalized spacial score (nSPS) is 10.2. The van der Waals surface area contributed by atoms with Crippen molar-refractivity contribution in [1.29, 1.82) is 0 Å². The maximum Gasteiger partial charge on any atom is 0.319 e. The van der Waals surface area contributed by atoms with E-state index in [4.69, 9.17) is 28.9 Å². The lowest BCUT2D eigenvalue weighted by molar-refractivity contribution is 0.251. The van der Waals surface area contributed by atoms with E-state index in [9.17, 15) is 9.90 Å². The molecule has 0 radical (unpaired) electrons. The number of halogens is 2. The summed E-state index contributed by atoms with van der Waals surface area (Å²) >= 11 is 11.7. The highest BCUT2D eigenvalue weighted by molar-refractivity contribution is 6.35. The predicted molar refractivity (Wildman–Crippen MR) is 84.8 cm³/mol. The number of nitrogens with two attached hydrogens (primary N) is 1. The lowest BCUT2D eigenvalue weighted by Crippen LogP contribution is -2.28. The molecule has 2 rings (SSSR count). The van der Waals surface area contributed by atoms with Crippen molar-refractivity contribution in [3.63, 3.8) is 0 Å². The van der Waals surface area contributed by atoms with Gasteiger partial charge in [0.25, 0.3) is 0 Å². The molecule has 0 saturated heterocycles. The smallest absolute Gasteiger partial charge is 0.319 e. The number of hydrogen-bond acceptors (Lipinski definition) is 3. The van der Waals surface area contributed by atoms with Gasteiger partial charge in [0, 0.05) is 33.5 Å². The number of rotatable bonds is 3. The van der Waals surface area contributed by atoms with Crippen molar-refractivity contribution in [2.45, 2.75) is 6.54 Å². The first-order chi connectivity index (χ1) is 9.94. The molecule has 0 bridgehead atoms. The summed E-state index contributed by atoms with van der Waals surface area (Å²) in [6.07, 6.45) is 0. The first-order valence-electron chi connectivity index (χ1n) is 6.02. The fourth-order valence-corrected chi connectivity index (χ4v) is 2.25. The number of aromatic hydroxyl groups is 1. The predicted octanol–water partition coefficient (Wildman–Crippen LogP) is 3.60. The van der Waals surface area contributed by atoms with Gasteiger partial charge in [-0.05, 0) is 36.4 Å². The van der Waals surface area contributed by atoms with E-state index in [0.717, 1.165) is 0 Å². The highest BCUT2D eigenvalue weighted by atomic mass is 35.5. The summed E-state index contributed by atoms with van der Waals surface area (Å²) in [4.78, 5) is 11.8. The number of phenolic OH excluding ortho intramolecular Hbond substituents is 1. The Morgan fingerprint density at radius 1 is 1.14 bits per heavy atom. The van der Waals surface area contributed by atoms with Crippen LogP contribution in [-0.4, -0.2) is 11.1 Å². The molecular formula is C14H13Cl2N3O2. The van der Waals surface area contributed by atoms with Crippen LogP contribution < -0.4 is 16.4 Å². The van der Waals surface area contributed by atoms with Crippen LogP contribution >= 0.6 is 23.2 Å². The summed E-state index contributed by atoms with van der Waals surface area (Å²) in [5.41, 5.74) is 7.12. The van der Waals surface area contributed by atoms with E-state index in [2.05, 4.69) is 10.6 Å². The molecule has 2 amide bonds. The largest absolute Gasteiger partial charge is 0.508 e. The number of hydrogen-bond donors (Lipinski definition) is 4. The van der Waals surface area contributed by atoms with Crippen molar-refractivity contribution in [2.75, 3.05) is 11.1 Å². The zero-order chi connectivity index (χ0) is 15.4. The molecule has 0 aliphatic heterocycles. The van der Waals surface area contributed by atoms with Crippen molar-refractivity contribution in [2.24, 2.45) is 0 Å². The second-order valence-electron chi connectivity index (χ2n) is 4.35. The number of amides is 2. The van der Waals surface area contributed by atoms with Gasteiger partial charge in [-0.3, -0.25) is 0 Å². The Kier molecular flexibility index (Phi) is 4.77. The van der Waals surface area contributed by atoms with Gasteiger partial charge in [-0.1, -0.05) is 23.2 Å². The molecule has 110 valence electrons. The molecule has 0 heterocycles. The highest BCUT2D eigenvalue weighted by Crippen LogP contribution is 2.22. The Balaban J connectivity index is 1.97. The molecule has 5 N–H and O–H groups in total. The number of carbonyl (C=O) groups excluding carboxylic acids is 1. The highest BCUT2D eigenvalue weighted by Gasteiger charge is 2.06. The van der Waals surface area contributed by atoms with Crippen LogP contribution in [-0.2, 0) is 6.54 Å². The topological polar surface area (TPSA) is 87.4 Å². The van der Waals surface area contributed by atoms with Crippen molar-refractivity contribution >= 4 is 40.6 Å². The van der Waals surface area contributed by atoms with Crippen LogP contribution in [0, 0.1) is 0 Å². The lowest BCUT2D eigenvalue weighted by Gasteiger charge is -2.10. The third-order valence-electron chi connectivity index (χ3n) is 2.66. The maximum atomic E-state index is 11.8. The SMILES string of the molecule is Nc1ccc(O)c(CNC(=O)Nc2cc(Cl)cc(Cl)c2)c1. The quantitative estimate of drug-likeness (QED) is 0.513. The summed E-state index contributed by atoms with van der Waals surface area (Å²) in [6.45, 7) is 0.136. The summed E-state index contributed by atoms with van der Waals surface area (Å²) in [7, 11) is 0. The molecule has 7 heteroatoms. The van der Waals surface area contributed by atoms with Gasteiger partial charge < -0.3 is 21.5 Å². The molecule has 0 saturated carbocycles. The number of nitrogens with one attached hydrogen (secondary N) is 2. The zero-order valence-corrected chi connectivity index (χ0v) is 12.4. The summed E-state index contributed by atoms with van der Waals surface area (Å²) in [5.74, 6) is 0.0651. The van der Waals surface area contributed by atoms with Crippen LogP contribution in [0.1, 0.15) is 5.56 Å². The van der Waals surface area contributed by atoms with Crippen LogP contribution in [0.3, 0.4) is 0 Å². The van der Waals surface area contributed by atoms with Crippen molar-refractivity contribution in [3.05, 3.63) is 52.0 Å². The third kappa shape index (κ3) is 4.44. The van der Waals surface area contributed by atoms with E-state index >= 15 is 0 Å². The van der Waals surface area contributed by atoms with Crippen LogP contribution in [0.15, 0.2) is 36.4 Å². The van der Waals surface area contributed by atoms with Gasteiger partial charge in [0.2, 0.25) is 0 Å². The first-order valence-corrected chi connectivity index (χ1v) is 6.78. The molecule has 21 heavy (non-hydrogen) atoms. The molecule has 0 aliphatic carbocycles. The molecule has 0 aliphatic rings. The van der Waals surface area contributed by atoms with Gasteiger partial charge in [-0.2, -0.15) is 0 Å². The third-order valence-corrected chi connectivity index (χ3v) is 3.10. The molecule has 0 unspecified atom stereocenters. The fraction of sp³-hybridized carbons (Fsp3) is 0.0714. The number of phenols is 1. The summed E-state index contributed by atoms with van der Waals surface area (Å²) in [5, 5.41) is 15.7. The molecule has 2 aromatic carbocycles. The Bertz CT molecular complexity index is 657. The van der Waals surface area contributed by atoms with Crippen LogP contribution in [0.4, 0.5) is 16.2 Å². The Morgan fingerprint density at radius 2 is 1.81 bits per heavy atom. The van der Waals surface area contributed by atoms with Crippen molar-refractivity contribution < 1.29 is 9.90 Å². The van der Waals surface area contributed by atoms with Gasteiger partial charge in [0.05, 0.1) is 0 Å². The molecule has 0 spiro atoms. The molecule has 0 aromatic heterocycles. The Morgan fingerprint density at radius 3 is 2.48 bits per heavy atom.